The Balaban J connectivity index is 1.51. The van der Waals surface area contributed by atoms with Crippen molar-refractivity contribution >= 4 is 11.9 Å². The topological polar surface area (TPSA) is 64.6 Å². The summed E-state index contributed by atoms with van der Waals surface area (Å²) < 4.78 is 23.7. The van der Waals surface area contributed by atoms with Crippen molar-refractivity contribution in [2.24, 2.45) is 0 Å². The van der Waals surface area contributed by atoms with Crippen molar-refractivity contribution < 1.29 is 23.5 Å². The lowest BCUT2D eigenvalue weighted by Crippen LogP contribution is -2.39. The van der Waals surface area contributed by atoms with Gasteiger partial charge in [-0.25, -0.2) is 9.18 Å². The molecule has 142 valence electrons. The molecule has 0 fully saturated rings. The molecule has 2 atom stereocenters. The Morgan fingerprint density at radius 3 is 2.74 bits per heavy atom. The molecule has 1 aliphatic rings. The van der Waals surface area contributed by atoms with Crippen LogP contribution in [0.1, 0.15) is 36.9 Å². The summed E-state index contributed by atoms with van der Waals surface area (Å²) >= 11 is 0. The van der Waals surface area contributed by atoms with E-state index in [-0.39, 0.29) is 17.7 Å². The number of ether oxygens (including phenoxy) is 2. The van der Waals surface area contributed by atoms with Crippen molar-refractivity contribution in [2.45, 2.75) is 38.3 Å². The molecule has 1 N–H and O–H groups in total. The first-order chi connectivity index (χ1) is 13.0. The number of benzene rings is 2. The second-order valence-electron chi connectivity index (χ2n) is 6.50. The summed E-state index contributed by atoms with van der Waals surface area (Å²) in [6.07, 6.45) is 1.88. The van der Waals surface area contributed by atoms with Crippen LogP contribution in [0.4, 0.5) is 4.39 Å². The Kier molecular flexibility index (Phi) is 6.06. The van der Waals surface area contributed by atoms with Gasteiger partial charge in [0.1, 0.15) is 0 Å². The first kappa shape index (κ1) is 18.9. The standard InChI is InChI=1S/C21H22FNO4/c1-14(27-20(24)13-26-19-12-5-4-10-17(19)22)21(25)23-18-11-6-8-15-7-2-3-9-16(15)18/h2-5,7,9-10,12,14,18H,6,8,11,13H2,1H3,(H,23,25)/t14-,18-/m0/s1. The summed E-state index contributed by atoms with van der Waals surface area (Å²) in [5.41, 5.74) is 2.34. The maximum absolute atomic E-state index is 13.5. The van der Waals surface area contributed by atoms with Gasteiger partial charge in [-0.05, 0) is 49.4 Å². The number of hydrogen-bond donors (Lipinski definition) is 1. The van der Waals surface area contributed by atoms with Gasteiger partial charge >= 0.3 is 5.97 Å². The summed E-state index contributed by atoms with van der Waals surface area (Å²) in [5, 5.41) is 2.95. The number of fused-ring (bicyclic) bond motifs is 1. The molecule has 3 rings (SSSR count). The van der Waals surface area contributed by atoms with Crippen molar-refractivity contribution in [3.8, 4) is 5.75 Å². The molecule has 0 spiro atoms. The molecule has 2 aromatic carbocycles. The molecule has 0 saturated carbocycles. The summed E-state index contributed by atoms with van der Waals surface area (Å²) in [6.45, 7) is 1.04. The quantitative estimate of drug-likeness (QED) is 0.791. The van der Waals surface area contributed by atoms with Gasteiger partial charge in [-0.15, -0.1) is 0 Å². The highest BCUT2D eigenvalue weighted by Crippen LogP contribution is 2.29. The van der Waals surface area contributed by atoms with Crippen LogP contribution in [0, 0.1) is 5.82 Å². The SMILES string of the molecule is C[C@H](OC(=O)COc1ccccc1F)C(=O)N[C@H]1CCCc2ccccc21. The Morgan fingerprint density at radius 2 is 1.93 bits per heavy atom. The zero-order chi connectivity index (χ0) is 19.2. The molecule has 0 unspecified atom stereocenters. The number of carbonyl (C=O) groups excluding carboxylic acids is 2. The number of esters is 1. The van der Waals surface area contributed by atoms with E-state index in [2.05, 4.69) is 11.4 Å². The van der Waals surface area contributed by atoms with Gasteiger partial charge in [0.05, 0.1) is 6.04 Å². The number of halogens is 1. The summed E-state index contributed by atoms with van der Waals surface area (Å²) in [7, 11) is 0. The van der Waals surface area contributed by atoms with E-state index in [0.29, 0.717) is 0 Å². The van der Waals surface area contributed by atoms with Crippen molar-refractivity contribution in [2.75, 3.05) is 6.61 Å². The van der Waals surface area contributed by atoms with Crippen LogP contribution in [-0.2, 0) is 20.7 Å². The normalized spacial score (nSPS) is 16.7. The lowest BCUT2D eigenvalue weighted by Gasteiger charge is -2.27. The van der Waals surface area contributed by atoms with Crippen molar-refractivity contribution in [1.29, 1.82) is 0 Å². The van der Waals surface area contributed by atoms with Crippen LogP contribution >= 0.6 is 0 Å². The molecule has 0 aliphatic heterocycles. The van der Waals surface area contributed by atoms with Crippen molar-refractivity contribution in [1.82, 2.24) is 5.32 Å². The zero-order valence-corrected chi connectivity index (χ0v) is 15.1. The van der Waals surface area contributed by atoms with Crippen molar-refractivity contribution in [3.63, 3.8) is 0 Å². The lowest BCUT2D eigenvalue weighted by molar-refractivity contribution is -0.157. The van der Waals surface area contributed by atoms with Crippen LogP contribution in [-0.4, -0.2) is 24.6 Å². The number of nitrogens with one attached hydrogen (secondary N) is 1. The average Bonchev–Trinajstić information content (AvgIpc) is 2.67. The number of amides is 1. The third-order valence-electron chi connectivity index (χ3n) is 4.55. The van der Waals surface area contributed by atoms with Crippen LogP contribution < -0.4 is 10.1 Å². The van der Waals surface area contributed by atoms with Gasteiger partial charge in [0.15, 0.2) is 24.3 Å². The van der Waals surface area contributed by atoms with Crippen LogP contribution in [0.25, 0.3) is 0 Å². The number of para-hydroxylation sites is 1. The molecule has 27 heavy (non-hydrogen) atoms. The average molecular weight is 371 g/mol. The maximum atomic E-state index is 13.5. The van der Waals surface area contributed by atoms with E-state index in [1.807, 2.05) is 18.2 Å². The lowest BCUT2D eigenvalue weighted by atomic mass is 9.87. The van der Waals surface area contributed by atoms with Crippen LogP contribution in [0.15, 0.2) is 48.5 Å². The Labute approximate surface area is 157 Å². The minimum absolute atomic E-state index is 0.0367. The van der Waals surface area contributed by atoms with Crippen LogP contribution in [0.3, 0.4) is 0 Å². The fourth-order valence-corrected chi connectivity index (χ4v) is 3.18. The van der Waals surface area contributed by atoms with E-state index in [1.54, 1.807) is 6.07 Å². The molecule has 0 saturated heterocycles. The Bertz CT molecular complexity index is 823. The molecule has 0 radical (unpaired) electrons. The molecule has 0 aromatic heterocycles. The first-order valence-electron chi connectivity index (χ1n) is 8.99. The monoisotopic (exact) mass is 371 g/mol. The van der Waals surface area contributed by atoms with E-state index < -0.39 is 24.5 Å². The summed E-state index contributed by atoms with van der Waals surface area (Å²) in [5.74, 6) is -1.70. The summed E-state index contributed by atoms with van der Waals surface area (Å²) in [6, 6.07) is 13.7. The van der Waals surface area contributed by atoms with E-state index in [4.69, 9.17) is 9.47 Å². The van der Waals surface area contributed by atoms with Gasteiger partial charge in [-0.1, -0.05) is 36.4 Å². The van der Waals surface area contributed by atoms with Gasteiger partial charge in [-0.3, -0.25) is 4.79 Å². The van der Waals surface area contributed by atoms with E-state index >= 15 is 0 Å². The summed E-state index contributed by atoms with van der Waals surface area (Å²) in [4.78, 5) is 24.3. The largest absolute Gasteiger partial charge is 0.479 e. The van der Waals surface area contributed by atoms with Crippen LogP contribution in [0.2, 0.25) is 0 Å². The molecule has 5 nitrogen and oxygen atoms in total. The first-order valence-corrected chi connectivity index (χ1v) is 8.99. The minimum Gasteiger partial charge on any atom is -0.479 e. The third kappa shape index (κ3) is 4.84. The molecule has 1 aliphatic carbocycles. The van der Waals surface area contributed by atoms with E-state index in [1.165, 1.54) is 30.7 Å². The molecule has 6 heteroatoms. The van der Waals surface area contributed by atoms with Gasteiger partial charge in [0.25, 0.3) is 5.91 Å². The highest BCUT2D eigenvalue weighted by Gasteiger charge is 2.25. The molecule has 2 aromatic rings. The fraction of sp³-hybridized carbons (Fsp3) is 0.333. The van der Waals surface area contributed by atoms with Crippen molar-refractivity contribution in [3.05, 3.63) is 65.5 Å². The predicted octanol–water partition coefficient (Wildman–Crippen LogP) is 3.33. The minimum atomic E-state index is -0.962. The number of aryl methyl sites for hydroxylation is 1. The highest BCUT2D eigenvalue weighted by molar-refractivity contribution is 5.84. The third-order valence-corrected chi connectivity index (χ3v) is 4.55. The molecule has 1 amide bonds. The second-order valence-corrected chi connectivity index (χ2v) is 6.50. The van der Waals surface area contributed by atoms with Gasteiger partial charge in [0, 0.05) is 0 Å². The molecule has 0 heterocycles. The van der Waals surface area contributed by atoms with Gasteiger partial charge in [-0.2, -0.15) is 0 Å². The van der Waals surface area contributed by atoms with E-state index in [9.17, 15) is 14.0 Å². The molecular weight excluding hydrogens is 349 g/mol. The smallest absolute Gasteiger partial charge is 0.344 e. The molecular formula is C21H22FNO4. The number of hydrogen-bond acceptors (Lipinski definition) is 4. The second kappa shape index (κ2) is 8.66. The van der Waals surface area contributed by atoms with Crippen LogP contribution in [0.5, 0.6) is 5.75 Å². The zero-order valence-electron chi connectivity index (χ0n) is 15.1. The Hall–Kier alpha value is -2.89. The van der Waals surface area contributed by atoms with E-state index in [0.717, 1.165) is 24.8 Å². The fourth-order valence-electron chi connectivity index (χ4n) is 3.18. The Morgan fingerprint density at radius 1 is 1.19 bits per heavy atom. The molecule has 0 bridgehead atoms. The predicted molar refractivity (Wildman–Crippen MR) is 97.7 cm³/mol. The van der Waals surface area contributed by atoms with Gasteiger partial charge in [0.2, 0.25) is 0 Å². The maximum Gasteiger partial charge on any atom is 0.344 e. The van der Waals surface area contributed by atoms with Gasteiger partial charge < -0.3 is 14.8 Å². The number of carbonyl (C=O) groups is 2. The highest BCUT2D eigenvalue weighted by atomic mass is 19.1. The number of rotatable bonds is 6.